The van der Waals surface area contributed by atoms with E-state index in [1.165, 1.54) is 29.5 Å². The molecule has 0 aromatic heterocycles. The number of hydrogen-bond acceptors (Lipinski definition) is 2. The Morgan fingerprint density at radius 3 is 2.30 bits per heavy atom. The van der Waals surface area contributed by atoms with Crippen molar-refractivity contribution in [2.75, 3.05) is 13.1 Å². The third-order valence-electron chi connectivity index (χ3n) is 5.00. The first-order valence-corrected chi connectivity index (χ1v) is 10.3. The van der Waals surface area contributed by atoms with Gasteiger partial charge in [-0.2, -0.15) is 0 Å². The van der Waals surface area contributed by atoms with Gasteiger partial charge in [-0.1, -0.05) is 0 Å². The Bertz CT molecular complexity index is 939. The van der Waals surface area contributed by atoms with E-state index in [0.717, 1.165) is 35.5 Å². The third kappa shape index (κ3) is 4.55. The predicted molar refractivity (Wildman–Crippen MR) is 111 cm³/mol. The number of likely N-dealkylation sites (tertiary alicyclic amines) is 1. The molecule has 1 aliphatic rings. The van der Waals surface area contributed by atoms with Crippen molar-refractivity contribution in [1.82, 2.24) is 4.90 Å². The van der Waals surface area contributed by atoms with Crippen molar-refractivity contribution >= 4 is 5.57 Å². The number of nitrogens with two attached hydrogens (primary N) is 1. The van der Waals surface area contributed by atoms with Crippen molar-refractivity contribution in [1.29, 1.82) is 0 Å². The molecular weight excluding hydrogens is 409 g/mol. The minimum absolute atomic E-state index is 0.551. The Labute approximate surface area is 174 Å². The second-order valence-corrected chi connectivity index (χ2v) is 7.54. The fourth-order valence-corrected chi connectivity index (χ4v) is 3.85. The van der Waals surface area contributed by atoms with E-state index in [4.69, 9.17) is 5.73 Å². The molecule has 0 atom stereocenters. The summed E-state index contributed by atoms with van der Waals surface area (Å²) in [4.78, 5) is 2.35. The summed E-state index contributed by atoms with van der Waals surface area (Å²) in [6.45, 7) is 12.5. The summed E-state index contributed by atoms with van der Waals surface area (Å²) in [5.41, 5.74) is 14.5. The molecular formula is C24H25N2Nb. The molecule has 1 fully saturated rings. The molecule has 1 heterocycles. The van der Waals surface area contributed by atoms with E-state index in [9.17, 15) is 0 Å². The minimum atomic E-state index is 0.551. The van der Waals surface area contributed by atoms with Crippen LogP contribution < -0.4 is 5.73 Å². The van der Waals surface area contributed by atoms with Crippen LogP contribution >= 0.6 is 0 Å². The normalized spacial score (nSPS) is 14.1. The number of benzene rings is 2. The van der Waals surface area contributed by atoms with E-state index in [1.807, 2.05) is 6.08 Å². The van der Waals surface area contributed by atoms with Crippen molar-refractivity contribution in [3.05, 3.63) is 89.8 Å². The first kappa shape index (κ1) is 19.5. The second kappa shape index (κ2) is 8.65. The van der Waals surface area contributed by atoms with Crippen molar-refractivity contribution in [2.24, 2.45) is 5.73 Å². The average molecular weight is 434 g/mol. The Morgan fingerprint density at radius 2 is 1.70 bits per heavy atom. The zero-order chi connectivity index (χ0) is 19.4. The van der Waals surface area contributed by atoms with Gasteiger partial charge in [0.1, 0.15) is 0 Å². The first-order valence-electron chi connectivity index (χ1n) is 9.21. The summed E-state index contributed by atoms with van der Waals surface area (Å²) in [7, 11) is 0. The number of aryl methyl sites for hydroxylation is 1. The zero-order valence-corrected chi connectivity index (χ0v) is 18.0. The molecule has 1 aliphatic heterocycles. The molecule has 0 bridgehead atoms. The number of rotatable bonds is 5. The van der Waals surface area contributed by atoms with Crippen LogP contribution in [0.15, 0.2) is 73.1 Å². The van der Waals surface area contributed by atoms with Gasteiger partial charge < -0.3 is 0 Å². The molecule has 136 valence electrons. The van der Waals surface area contributed by atoms with Gasteiger partial charge in [0, 0.05) is 0 Å². The van der Waals surface area contributed by atoms with E-state index in [-0.39, 0.29) is 0 Å². The Kier molecular flexibility index (Phi) is 6.26. The number of nitrogens with zero attached hydrogens (tertiary/aromatic N) is 1. The predicted octanol–water partition coefficient (Wildman–Crippen LogP) is 4.98. The summed E-state index contributed by atoms with van der Waals surface area (Å²) < 4.78 is 3.21. The molecule has 27 heavy (non-hydrogen) atoms. The molecule has 0 saturated carbocycles. The van der Waals surface area contributed by atoms with Gasteiger partial charge in [0.05, 0.1) is 0 Å². The molecule has 2 N–H and O–H groups in total. The fraction of sp³-hybridized carbons (Fsp3) is 0.208. The molecule has 0 spiro atoms. The first-order chi connectivity index (χ1) is 13.0. The van der Waals surface area contributed by atoms with Gasteiger partial charge in [0.15, 0.2) is 0 Å². The molecule has 0 aliphatic carbocycles. The van der Waals surface area contributed by atoms with Gasteiger partial charge in [-0.25, -0.2) is 0 Å². The molecule has 1 saturated heterocycles. The van der Waals surface area contributed by atoms with Crippen molar-refractivity contribution < 1.29 is 20.4 Å². The van der Waals surface area contributed by atoms with E-state index in [1.54, 1.807) is 20.4 Å². The summed E-state index contributed by atoms with van der Waals surface area (Å²) in [5, 5.41) is 0. The van der Waals surface area contributed by atoms with E-state index in [2.05, 4.69) is 71.5 Å². The topological polar surface area (TPSA) is 29.3 Å². The molecule has 3 heteroatoms. The standard InChI is InChI=1S/C24H25N2.Nb/c1-17-7-10-21(11-8-17)22-12-9-18(2)23(16-22)24(15-19(3)25)20(4)26-13-5-6-14-26;/h7-12,15-16H,3-6,13-14,25H2,2H3;/b24-15-;. The summed E-state index contributed by atoms with van der Waals surface area (Å²) in [6.07, 6.45) is 4.39. The molecule has 2 aromatic carbocycles. The molecule has 0 unspecified atom stereocenters. The molecule has 2 aromatic rings. The maximum absolute atomic E-state index is 5.96. The monoisotopic (exact) mass is 434 g/mol. The second-order valence-electron chi connectivity index (χ2n) is 6.99. The van der Waals surface area contributed by atoms with Crippen LogP contribution in [-0.2, 0) is 20.4 Å². The van der Waals surface area contributed by atoms with Crippen molar-refractivity contribution in [3.8, 4) is 15.2 Å². The quantitative estimate of drug-likeness (QED) is 0.531. The maximum atomic E-state index is 5.96. The van der Waals surface area contributed by atoms with Crippen LogP contribution in [-0.4, -0.2) is 18.0 Å². The van der Waals surface area contributed by atoms with Gasteiger partial charge in [0.25, 0.3) is 0 Å². The number of hydrogen-bond donors (Lipinski definition) is 1. The summed E-state index contributed by atoms with van der Waals surface area (Å²) in [6, 6.07) is 15.1. The summed E-state index contributed by atoms with van der Waals surface area (Å²) in [5.74, 6) is 0. The van der Waals surface area contributed by atoms with Gasteiger partial charge in [-0.15, -0.1) is 0 Å². The van der Waals surface area contributed by atoms with Crippen LogP contribution in [0.1, 0.15) is 29.5 Å². The van der Waals surface area contributed by atoms with E-state index in [0.29, 0.717) is 5.70 Å². The van der Waals surface area contributed by atoms with Crippen LogP contribution in [0, 0.1) is 10.9 Å². The average Bonchev–Trinajstić information content (AvgIpc) is 3.21. The van der Waals surface area contributed by atoms with Crippen LogP contribution in [0.4, 0.5) is 0 Å². The molecule has 3 rings (SSSR count). The Balaban J connectivity index is 2.05. The molecule has 2 nitrogen and oxygen atoms in total. The van der Waals surface area contributed by atoms with E-state index >= 15 is 0 Å². The van der Waals surface area contributed by atoms with Crippen LogP contribution in [0.3, 0.4) is 0 Å². The molecule has 0 amide bonds. The van der Waals surface area contributed by atoms with E-state index < -0.39 is 0 Å². The van der Waals surface area contributed by atoms with Gasteiger partial charge in [0.2, 0.25) is 0 Å². The van der Waals surface area contributed by atoms with Gasteiger partial charge >= 0.3 is 162 Å². The molecule has 0 radical (unpaired) electrons. The van der Waals surface area contributed by atoms with Crippen LogP contribution in [0.25, 0.3) is 16.7 Å². The van der Waals surface area contributed by atoms with Gasteiger partial charge in [-0.3, -0.25) is 0 Å². The zero-order valence-electron chi connectivity index (χ0n) is 15.8. The van der Waals surface area contributed by atoms with Gasteiger partial charge in [-0.05, 0) is 12.8 Å². The Morgan fingerprint density at radius 1 is 1.07 bits per heavy atom. The third-order valence-corrected chi connectivity index (χ3v) is 5.64. The fourth-order valence-electron chi connectivity index (χ4n) is 3.49. The number of allylic oxidation sites excluding steroid dienone is 2. The van der Waals surface area contributed by atoms with Crippen molar-refractivity contribution in [2.45, 2.75) is 19.8 Å². The van der Waals surface area contributed by atoms with Crippen molar-refractivity contribution in [3.63, 3.8) is 0 Å². The van der Waals surface area contributed by atoms with Crippen LogP contribution in [0.2, 0.25) is 0 Å². The van der Waals surface area contributed by atoms with Crippen LogP contribution in [0.5, 0.6) is 0 Å². The SMILES string of the molecule is C=C(N)/C=C(/C(=C)N1CCCC1)c1cc(-c2ccc([C]#[Nb])cc2)ccc1C. The Hall–Kier alpha value is -2.22. The summed E-state index contributed by atoms with van der Waals surface area (Å²) >= 11 is 1.58.